The summed E-state index contributed by atoms with van der Waals surface area (Å²) in [6.45, 7) is 0.837. The summed E-state index contributed by atoms with van der Waals surface area (Å²) in [5.41, 5.74) is 5.70. The number of rotatable bonds is 3. The van der Waals surface area contributed by atoms with E-state index < -0.39 is 10.0 Å². The Bertz CT molecular complexity index is 486. The standard InChI is InChI=1S/C10H15N3O3S/c1-16-10-3-2-9(6-12-10)17(14,15)13-5-4-8(11)7-13/h2-3,6,8H,4-5,7,11H2,1H3/t8-/m1/s1. The molecule has 0 bridgehead atoms. The first-order chi connectivity index (χ1) is 8.04. The molecule has 0 radical (unpaired) electrons. The zero-order valence-electron chi connectivity index (χ0n) is 9.54. The van der Waals surface area contributed by atoms with Gasteiger partial charge >= 0.3 is 0 Å². The Morgan fingerprint density at radius 3 is 2.76 bits per heavy atom. The molecule has 2 N–H and O–H groups in total. The predicted molar refractivity (Wildman–Crippen MR) is 62.1 cm³/mol. The average Bonchev–Trinajstić information content (AvgIpc) is 2.77. The first-order valence-corrected chi connectivity index (χ1v) is 6.74. The van der Waals surface area contributed by atoms with E-state index in [1.165, 1.54) is 29.7 Å². The van der Waals surface area contributed by atoms with E-state index in [0.29, 0.717) is 25.4 Å². The molecule has 1 saturated heterocycles. The molecule has 6 nitrogen and oxygen atoms in total. The van der Waals surface area contributed by atoms with Crippen LogP contribution in [0, 0.1) is 0 Å². The van der Waals surface area contributed by atoms with Crippen LogP contribution in [-0.2, 0) is 10.0 Å². The van der Waals surface area contributed by atoms with Crippen LogP contribution in [0.3, 0.4) is 0 Å². The largest absolute Gasteiger partial charge is 0.481 e. The number of nitrogens with two attached hydrogens (primary N) is 1. The van der Waals surface area contributed by atoms with Crippen molar-refractivity contribution in [1.29, 1.82) is 0 Å². The molecule has 0 aromatic carbocycles. The maximum Gasteiger partial charge on any atom is 0.244 e. The highest BCUT2D eigenvalue weighted by molar-refractivity contribution is 7.89. The van der Waals surface area contributed by atoms with Gasteiger partial charge in [0.15, 0.2) is 0 Å². The van der Waals surface area contributed by atoms with E-state index in [4.69, 9.17) is 10.5 Å². The molecule has 7 heteroatoms. The third-order valence-corrected chi connectivity index (χ3v) is 4.59. The van der Waals surface area contributed by atoms with Crippen molar-refractivity contribution in [2.75, 3.05) is 20.2 Å². The smallest absolute Gasteiger partial charge is 0.244 e. The lowest BCUT2D eigenvalue weighted by Crippen LogP contribution is -2.32. The second-order valence-electron chi connectivity index (χ2n) is 3.95. The highest BCUT2D eigenvalue weighted by atomic mass is 32.2. The van der Waals surface area contributed by atoms with Crippen LogP contribution in [-0.4, -0.2) is 43.9 Å². The number of methoxy groups -OCH3 is 1. The van der Waals surface area contributed by atoms with Crippen LogP contribution in [0.4, 0.5) is 0 Å². The highest BCUT2D eigenvalue weighted by Gasteiger charge is 2.31. The number of ether oxygens (including phenoxy) is 1. The maximum atomic E-state index is 12.2. The van der Waals surface area contributed by atoms with Crippen molar-refractivity contribution >= 4 is 10.0 Å². The van der Waals surface area contributed by atoms with Crippen molar-refractivity contribution in [3.63, 3.8) is 0 Å². The molecule has 0 saturated carbocycles. The summed E-state index contributed by atoms with van der Waals surface area (Å²) in [5, 5.41) is 0. The minimum atomic E-state index is -3.46. The normalized spacial score (nSPS) is 21.6. The lowest BCUT2D eigenvalue weighted by atomic mass is 10.3. The lowest BCUT2D eigenvalue weighted by molar-refractivity contribution is 0.397. The topological polar surface area (TPSA) is 85.5 Å². The van der Waals surface area contributed by atoms with Crippen LogP contribution in [0.5, 0.6) is 5.88 Å². The molecule has 1 aromatic heterocycles. The molecule has 2 rings (SSSR count). The first-order valence-electron chi connectivity index (χ1n) is 5.30. The van der Waals surface area contributed by atoms with Gasteiger partial charge in [0.25, 0.3) is 0 Å². The molecule has 1 atom stereocenters. The van der Waals surface area contributed by atoms with Gasteiger partial charge in [0.2, 0.25) is 15.9 Å². The minimum absolute atomic E-state index is 0.0732. The molecule has 1 aromatic rings. The third kappa shape index (κ3) is 2.41. The summed E-state index contributed by atoms with van der Waals surface area (Å²) in [6, 6.07) is 2.95. The van der Waals surface area contributed by atoms with Crippen molar-refractivity contribution < 1.29 is 13.2 Å². The van der Waals surface area contributed by atoms with Gasteiger partial charge in [-0.05, 0) is 12.5 Å². The monoisotopic (exact) mass is 257 g/mol. The fourth-order valence-electron chi connectivity index (χ4n) is 1.76. The van der Waals surface area contributed by atoms with Crippen LogP contribution in [0.25, 0.3) is 0 Å². The van der Waals surface area contributed by atoms with Gasteiger partial charge in [0, 0.05) is 25.2 Å². The summed E-state index contributed by atoms with van der Waals surface area (Å²) in [4.78, 5) is 4.07. The van der Waals surface area contributed by atoms with Crippen molar-refractivity contribution in [2.45, 2.75) is 17.4 Å². The van der Waals surface area contributed by atoms with Crippen molar-refractivity contribution in [1.82, 2.24) is 9.29 Å². The Labute approximate surface area is 100 Å². The van der Waals surface area contributed by atoms with Gasteiger partial charge in [-0.2, -0.15) is 4.31 Å². The van der Waals surface area contributed by atoms with Crippen LogP contribution >= 0.6 is 0 Å². The van der Waals surface area contributed by atoms with Gasteiger partial charge in [0.05, 0.1) is 13.3 Å². The van der Waals surface area contributed by atoms with E-state index in [1.54, 1.807) is 0 Å². The van der Waals surface area contributed by atoms with E-state index >= 15 is 0 Å². The molecular weight excluding hydrogens is 242 g/mol. The molecule has 0 spiro atoms. The number of nitrogens with zero attached hydrogens (tertiary/aromatic N) is 2. The second kappa shape index (κ2) is 4.59. The number of hydrogen-bond acceptors (Lipinski definition) is 5. The van der Waals surface area contributed by atoms with Crippen LogP contribution < -0.4 is 10.5 Å². The Balaban J connectivity index is 2.25. The van der Waals surface area contributed by atoms with E-state index in [9.17, 15) is 8.42 Å². The Morgan fingerprint density at radius 2 is 2.29 bits per heavy atom. The SMILES string of the molecule is COc1ccc(S(=O)(=O)N2CC[C@@H](N)C2)cn1. The van der Waals surface area contributed by atoms with Crippen molar-refractivity contribution in [3.8, 4) is 5.88 Å². The first kappa shape index (κ1) is 12.3. The van der Waals surface area contributed by atoms with Gasteiger partial charge in [-0.1, -0.05) is 0 Å². The zero-order chi connectivity index (χ0) is 12.5. The Morgan fingerprint density at radius 1 is 1.53 bits per heavy atom. The van der Waals surface area contributed by atoms with Gasteiger partial charge < -0.3 is 10.5 Å². The van der Waals surface area contributed by atoms with Gasteiger partial charge in [-0.25, -0.2) is 13.4 Å². The Kier molecular flexibility index (Phi) is 3.32. The summed E-state index contributed by atoms with van der Waals surface area (Å²) < 4.78 is 30.6. The fourth-order valence-corrected chi connectivity index (χ4v) is 3.22. The molecule has 0 amide bonds. The number of sulfonamides is 1. The fraction of sp³-hybridized carbons (Fsp3) is 0.500. The molecule has 2 heterocycles. The number of pyridine rings is 1. The number of aromatic nitrogens is 1. The van der Waals surface area contributed by atoms with E-state index in [2.05, 4.69) is 4.98 Å². The molecule has 0 unspecified atom stereocenters. The third-order valence-electron chi connectivity index (χ3n) is 2.74. The van der Waals surface area contributed by atoms with Crippen LogP contribution in [0.2, 0.25) is 0 Å². The molecule has 17 heavy (non-hydrogen) atoms. The molecule has 1 fully saturated rings. The lowest BCUT2D eigenvalue weighted by Gasteiger charge is -2.15. The maximum absolute atomic E-state index is 12.2. The molecule has 1 aliphatic rings. The van der Waals surface area contributed by atoms with Crippen LogP contribution in [0.1, 0.15) is 6.42 Å². The predicted octanol–water partition coefficient (Wildman–Crippen LogP) is -0.188. The molecular formula is C10H15N3O3S. The van der Waals surface area contributed by atoms with E-state index in [1.807, 2.05) is 0 Å². The molecule has 0 aliphatic carbocycles. The summed E-state index contributed by atoms with van der Waals surface area (Å²) in [6.07, 6.45) is 2.00. The van der Waals surface area contributed by atoms with Crippen molar-refractivity contribution in [3.05, 3.63) is 18.3 Å². The zero-order valence-corrected chi connectivity index (χ0v) is 10.4. The van der Waals surface area contributed by atoms with Crippen molar-refractivity contribution in [2.24, 2.45) is 5.73 Å². The average molecular weight is 257 g/mol. The number of hydrogen-bond donors (Lipinski definition) is 1. The van der Waals surface area contributed by atoms with Crippen LogP contribution in [0.15, 0.2) is 23.2 Å². The minimum Gasteiger partial charge on any atom is -0.481 e. The summed E-state index contributed by atoms with van der Waals surface area (Å²) in [5.74, 6) is 0.391. The summed E-state index contributed by atoms with van der Waals surface area (Å²) in [7, 11) is -1.98. The summed E-state index contributed by atoms with van der Waals surface area (Å²) >= 11 is 0. The molecule has 1 aliphatic heterocycles. The van der Waals surface area contributed by atoms with Gasteiger partial charge in [-0.15, -0.1) is 0 Å². The quantitative estimate of drug-likeness (QED) is 0.811. The van der Waals surface area contributed by atoms with E-state index in [0.717, 1.165) is 0 Å². The Hall–Kier alpha value is -1.18. The van der Waals surface area contributed by atoms with Gasteiger partial charge in [-0.3, -0.25) is 0 Å². The highest BCUT2D eigenvalue weighted by Crippen LogP contribution is 2.20. The van der Waals surface area contributed by atoms with E-state index in [-0.39, 0.29) is 10.9 Å². The molecule has 94 valence electrons. The second-order valence-corrected chi connectivity index (χ2v) is 5.89. The van der Waals surface area contributed by atoms with Gasteiger partial charge in [0.1, 0.15) is 4.90 Å².